The van der Waals surface area contributed by atoms with Crippen LogP contribution in [0.1, 0.15) is 10.4 Å². The number of rotatable bonds is 5. The highest BCUT2D eigenvalue weighted by atomic mass is 16.6. The van der Waals surface area contributed by atoms with E-state index in [-0.39, 0.29) is 12.0 Å². The van der Waals surface area contributed by atoms with E-state index in [1.807, 2.05) is 24.3 Å². The van der Waals surface area contributed by atoms with Crippen molar-refractivity contribution in [3.05, 3.63) is 48.0 Å². The Kier molecular flexibility index (Phi) is 4.74. The molecule has 1 aliphatic heterocycles. The van der Waals surface area contributed by atoms with Crippen molar-refractivity contribution in [2.75, 3.05) is 27.4 Å². The Morgan fingerprint density at radius 1 is 1.12 bits per heavy atom. The van der Waals surface area contributed by atoms with Gasteiger partial charge in [-0.2, -0.15) is 0 Å². The van der Waals surface area contributed by atoms with Crippen LogP contribution >= 0.6 is 0 Å². The number of hydrogen-bond acceptors (Lipinski definition) is 5. The number of methoxy groups -OCH3 is 2. The highest BCUT2D eigenvalue weighted by molar-refractivity contribution is 5.95. The molecule has 1 N–H and O–H groups in total. The first-order valence-electron chi connectivity index (χ1n) is 7.59. The highest BCUT2D eigenvalue weighted by Crippen LogP contribution is 2.30. The monoisotopic (exact) mass is 329 g/mol. The van der Waals surface area contributed by atoms with Gasteiger partial charge in [-0.3, -0.25) is 4.79 Å². The van der Waals surface area contributed by atoms with E-state index in [1.54, 1.807) is 32.4 Å². The van der Waals surface area contributed by atoms with Crippen molar-refractivity contribution in [1.29, 1.82) is 0 Å². The van der Waals surface area contributed by atoms with Crippen LogP contribution in [-0.4, -0.2) is 39.4 Å². The average Bonchev–Trinajstić information content (AvgIpc) is 2.65. The van der Waals surface area contributed by atoms with Gasteiger partial charge in [-0.25, -0.2) is 0 Å². The molecule has 1 atom stereocenters. The van der Waals surface area contributed by atoms with Crippen LogP contribution in [0.25, 0.3) is 0 Å². The lowest BCUT2D eigenvalue weighted by Gasteiger charge is -2.26. The molecular weight excluding hydrogens is 310 g/mol. The predicted octanol–water partition coefficient (Wildman–Crippen LogP) is 2.27. The van der Waals surface area contributed by atoms with Crippen molar-refractivity contribution in [2.45, 2.75) is 6.10 Å². The molecular formula is C18H19NO5. The molecule has 6 nitrogen and oxygen atoms in total. The number of carbonyl (C=O) groups is 1. The molecule has 1 unspecified atom stereocenters. The Morgan fingerprint density at radius 2 is 1.79 bits per heavy atom. The minimum absolute atomic E-state index is 0.227. The maximum Gasteiger partial charge on any atom is 0.251 e. The van der Waals surface area contributed by atoms with Crippen LogP contribution in [0.15, 0.2) is 42.5 Å². The van der Waals surface area contributed by atoms with E-state index in [1.165, 1.54) is 0 Å². The van der Waals surface area contributed by atoms with Crippen molar-refractivity contribution in [3.63, 3.8) is 0 Å². The maximum atomic E-state index is 12.4. The molecule has 0 aliphatic carbocycles. The predicted molar refractivity (Wildman–Crippen MR) is 88.2 cm³/mol. The molecule has 0 radical (unpaired) electrons. The molecule has 3 rings (SSSR count). The van der Waals surface area contributed by atoms with E-state index in [0.717, 1.165) is 5.75 Å². The number of nitrogens with one attached hydrogen (secondary N) is 1. The molecule has 2 aromatic rings. The summed E-state index contributed by atoms with van der Waals surface area (Å²) < 4.78 is 21.8. The van der Waals surface area contributed by atoms with Gasteiger partial charge >= 0.3 is 0 Å². The first kappa shape index (κ1) is 16.0. The first-order chi connectivity index (χ1) is 11.7. The van der Waals surface area contributed by atoms with Gasteiger partial charge < -0.3 is 24.3 Å². The number of carbonyl (C=O) groups excluding carboxylic acids is 1. The fourth-order valence-corrected chi connectivity index (χ4v) is 2.41. The molecule has 0 spiro atoms. The van der Waals surface area contributed by atoms with Gasteiger partial charge in [0.25, 0.3) is 5.91 Å². The van der Waals surface area contributed by atoms with Gasteiger partial charge in [0, 0.05) is 11.6 Å². The Balaban J connectivity index is 1.62. The Bertz CT molecular complexity index is 709. The Labute approximate surface area is 140 Å². The third kappa shape index (κ3) is 3.53. The zero-order valence-corrected chi connectivity index (χ0v) is 13.6. The standard InChI is InChI=1S/C18H19NO5/c1-21-13-7-12(8-14(9-13)22-2)18(20)19-10-15-11-23-16-5-3-4-6-17(16)24-15/h3-9,15H,10-11H2,1-2H3,(H,19,20). The molecule has 1 heterocycles. The molecule has 2 aromatic carbocycles. The van der Waals surface area contributed by atoms with E-state index in [4.69, 9.17) is 18.9 Å². The second-order valence-corrected chi connectivity index (χ2v) is 5.31. The van der Waals surface area contributed by atoms with Crippen LogP contribution < -0.4 is 24.3 Å². The molecule has 1 aliphatic rings. The van der Waals surface area contributed by atoms with Crippen molar-refractivity contribution in [2.24, 2.45) is 0 Å². The van der Waals surface area contributed by atoms with Crippen molar-refractivity contribution in [1.82, 2.24) is 5.32 Å². The number of amides is 1. The highest BCUT2D eigenvalue weighted by Gasteiger charge is 2.21. The van der Waals surface area contributed by atoms with Gasteiger partial charge in [-0.05, 0) is 24.3 Å². The third-order valence-electron chi connectivity index (χ3n) is 3.67. The molecule has 0 saturated carbocycles. The summed E-state index contributed by atoms with van der Waals surface area (Å²) in [5.41, 5.74) is 0.461. The maximum absolute atomic E-state index is 12.4. The Hall–Kier alpha value is -2.89. The number of ether oxygens (including phenoxy) is 4. The van der Waals surface area contributed by atoms with E-state index >= 15 is 0 Å². The summed E-state index contributed by atoms with van der Waals surface area (Å²) >= 11 is 0. The van der Waals surface area contributed by atoms with Crippen LogP contribution in [0.2, 0.25) is 0 Å². The summed E-state index contributed by atoms with van der Waals surface area (Å²) in [5.74, 6) is 2.30. The van der Waals surface area contributed by atoms with Gasteiger partial charge in [0.05, 0.1) is 20.8 Å². The van der Waals surface area contributed by atoms with Crippen LogP contribution in [0.5, 0.6) is 23.0 Å². The smallest absolute Gasteiger partial charge is 0.251 e. The molecule has 0 fully saturated rings. The molecule has 0 saturated heterocycles. The van der Waals surface area contributed by atoms with Crippen LogP contribution in [0, 0.1) is 0 Å². The summed E-state index contributed by atoms with van der Waals surface area (Å²) in [7, 11) is 3.09. The van der Waals surface area contributed by atoms with E-state index in [9.17, 15) is 4.79 Å². The minimum Gasteiger partial charge on any atom is -0.497 e. The van der Waals surface area contributed by atoms with Gasteiger partial charge in [-0.1, -0.05) is 12.1 Å². The SMILES string of the molecule is COc1cc(OC)cc(C(=O)NCC2COc3ccccc3O2)c1. The topological polar surface area (TPSA) is 66.0 Å². The lowest BCUT2D eigenvalue weighted by Crippen LogP contribution is -2.40. The first-order valence-corrected chi connectivity index (χ1v) is 7.59. The summed E-state index contributed by atoms with van der Waals surface area (Å²) in [6.45, 7) is 0.728. The van der Waals surface area contributed by atoms with Crippen molar-refractivity contribution < 1.29 is 23.7 Å². The van der Waals surface area contributed by atoms with E-state index in [2.05, 4.69) is 5.32 Å². The molecule has 6 heteroatoms. The van der Waals surface area contributed by atoms with Gasteiger partial charge in [0.15, 0.2) is 11.5 Å². The van der Waals surface area contributed by atoms with Crippen molar-refractivity contribution in [3.8, 4) is 23.0 Å². The van der Waals surface area contributed by atoms with Crippen LogP contribution in [0.3, 0.4) is 0 Å². The quantitative estimate of drug-likeness (QED) is 0.911. The summed E-state index contributed by atoms with van der Waals surface area (Å²) in [5, 5.41) is 2.85. The molecule has 0 aromatic heterocycles. The second-order valence-electron chi connectivity index (χ2n) is 5.31. The summed E-state index contributed by atoms with van der Waals surface area (Å²) in [6.07, 6.45) is -0.239. The number of hydrogen-bond donors (Lipinski definition) is 1. The summed E-state index contributed by atoms with van der Waals surface area (Å²) in [6, 6.07) is 12.5. The second kappa shape index (κ2) is 7.12. The lowest BCUT2D eigenvalue weighted by molar-refractivity contribution is 0.0789. The third-order valence-corrected chi connectivity index (χ3v) is 3.67. The van der Waals surface area contributed by atoms with Gasteiger partial charge in [-0.15, -0.1) is 0 Å². The lowest BCUT2D eigenvalue weighted by atomic mass is 10.2. The van der Waals surface area contributed by atoms with Crippen LogP contribution in [0.4, 0.5) is 0 Å². The molecule has 1 amide bonds. The minimum atomic E-state index is -0.239. The molecule has 0 bridgehead atoms. The zero-order valence-electron chi connectivity index (χ0n) is 13.6. The fraction of sp³-hybridized carbons (Fsp3) is 0.278. The fourth-order valence-electron chi connectivity index (χ4n) is 2.41. The number of fused-ring (bicyclic) bond motifs is 1. The summed E-state index contributed by atoms with van der Waals surface area (Å²) in [4.78, 5) is 12.4. The number of benzene rings is 2. The van der Waals surface area contributed by atoms with Gasteiger partial charge in [0.2, 0.25) is 0 Å². The average molecular weight is 329 g/mol. The number of para-hydroxylation sites is 2. The van der Waals surface area contributed by atoms with E-state index < -0.39 is 0 Å². The zero-order chi connectivity index (χ0) is 16.9. The van der Waals surface area contributed by atoms with Crippen LogP contribution in [-0.2, 0) is 0 Å². The largest absolute Gasteiger partial charge is 0.497 e. The van der Waals surface area contributed by atoms with E-state index in [0.29, 0.717) is 36.0 Å². The van der Waals surface area contributed by atoms with Crippen molar-refractivity contribution >= 4 is 5.91 Å². The normalized spacial score (nSPS) is 15.5. The Morgan fingerprint density at radius 3 is 2.46 bits per heavy atom. The molecule has 126 valence electrons. The van der Waals surface area contributed by atoms with Gasteiger partial charge in [0.1, 0.15) is 24.2 Å². The molecule has 24 heavy (non-hydrogen) atoms.